The van der Waals surface area contributed by atoms with Gasteiger partial charge in [0.1, 0.15) is 12.0 Å². The van der Waals surface area contributed by atoms with Gasteiger partial charge in [-0.3, -0.25) is 4.99 Å². The van der Waals surface area contributed by atoms with E-state index >= 15 is 0 Å². The van der Waals surface area contributed by atoms with E-state index in [-0.39, 0.29) is 24.0 Å². The molecule has 90 valence electrons. The minimum Gasteiger partial charge on any atom is -0.364 e. The third-order valence-electron chi connectivity index (χ3n) is 2.58. The molecule has 2 rings (SSSR count). The maximum absolute atomic E-state index is 4.74. The third-order valence-corrected chi connectivity index (χ3v) is 2.58. The number of aromatic nitrogens is 1. The van der Waals surface area contributed by atoms with Gasteiger partial charge in [0, 0.05) is 19.2 Å². The summed E-state index contributed by atoms with van der Waals surface area (Å²) in [6, 6.07) is 2.41. The summed E-state index contributed by atoms with van der Waals surface area (Å²) in [5.41, 5.74) is 0.877. The molecule has 1 aromatic heterocycles. The molecule has 0 aromatic carbocycles. The Balaban J connectivity index is 0.00000128. The van der Waals surface area contributed by atoms with Crippen LogP contribution in [0.5, 0.6) is 0 Å². The van der Waals surface area contributed by atoms with Gasteiger partial charge in [-0.15, -0.1) is 24.0 Å². The summed E-state index contributed by atoms with van der Waals surface area (Å²) in [5.74, 6) is 1.59. The van der Waals surface area contributed by atoms with Crippen LogP contribution in [-0.2, 0) is 6.54 Å². The quantitative estimate of drug-likeness (QED) is 0.497. The first kappa shape index (κ1) is 13.3. The number of nitrogens with one attached hydrogen (secondary N) is 2. The highest BCUT2D eigenvalue weighted by molar-refractivity contribution is 14.0. The summed E-state index contributed by atoms with van der Waals surface area (Å²) >= 11 is 0. The molecule has 1 aliphatic carbocycles. The molecule has 0 radical (unpaired) electrons. The van der Waals surface area contributed by atoms with Gasteiger partial charge in [0.2, 0.25) is 0 Å². The average molecular weight is 336 g/mol. The van der Waals surface area contributed by atoms with Crippen LogP contribution in [0.1, 0.15) is 19.0 Å². The molecular weight excluding hydrogens is 319 g/mol. The van der Waals surface area contributed by atoms with Crippen molar-refractivity contribution in [3.05, 3.63) is 18.0 Å². The normalized spacial score (nSPS) is 23.5. The molecule has 2 N–H and O–H groups in total. The largest absolute Gasteiger partial charge is 0.364 e. The van der Waals surface area contributed by atoms with E-state index in [0.29, 0.717) is 12.6 Å². The van der Waals surface area contributed by atoms with Crippen LogP contribution in [-0.4, -0.2) is 24.2 Å². The number of nitrogens with zero attached hydrogens (tertiary/aromatic N) is 2. The van der Waals surface area contributed by atoms with E-state index in [1.165, 1.54) is 6.42 Å². The number of hydrogen-bond donors (Lipinski definition) is 2. The molecule has 5 nitrogen and oxygen atoms in total. The van der Waals surface area contributed by atoms with Crippen LogP contribution < -0.4 is 10.6 Å². The molecule has 2 unspecified atom stereocenters. The van der Waals surface area contributed by atoms with Crippen molar-refractivity contribution in [3.8, 4) is 0 Å². The van der Waals surface area contributed by atoms with Crippen molar-refractivity contribution in [2.24, 2.45) is 10.9 Å². The average Bonchev–Trinajstić information content (AvgIpc) is 2.74. The molecule has 1 fully saturated rings. The number of halogens is 1. The van der Waals surface area contributed by atoms with Crippen LogP contribution in [0.25, 0.3) is 0 Å². The lowest BCUT2D eigenvalue weighted by Gasteiger charge is -2.09. The lowest BCUT2D eigenvalue weighted by Crippen LogP contribution is -2.38. The minimum absolute atomic E-state index is 0. The molecule has 0 aliphatic heterocycles. The minimum atomic E-state index is 0. The third kappa shape index (κ3) is 3.66. The van der Waals surface area contributed by atoms with Crippen molar-refractivity contribution in [2.75, 3.05) is 7.05 Å². The van der Waals surface area contributed by atoms with Crippen molar-refractivity contribution < 1.29 is 4.52 Å². The molecule has 1 heterocycles. The maximum atomic E-state index is 4.74. The van der Waals surface area contributed by atoms with E-state index in [1.807, 2.05) is 6.07 Å². The summed E-state index contributed by atoms with van der Waals surface area (Å²) in [7, 11) is 1.77. The highest BCUT2D eigenvalue weighted by Gasteiger charge is 2.33. The molecule has 6 heteroatoms. The summed E-state index contributed by atoms with van der Waals surface area (Å²) < 4.78 is 4.74. The fourth-order valence-corrected chi connectivity index (χ4v) is 1.40. The van der Waals surface area contributed by atoms with Crippen molar-refractivity contribution >= 4 is 29.9 Å². The van der Waals surface area contributed by atoms with E-state index in [4.69, 9.17) is 4.52 Å². The molecule has 1 saturated carbocycles. The van der Waals surface area contributed by atoms with E-state index in [0.717, 1.165) is 17.6 Å². The zero-order valence-corrected chi connectivity index (χ0v) is 11.8. The Kier molecular flexibility index (Phi) is 5.04. The number of aliphatic imine (C=N–C) groups is 1. The Morgan fingerprint density at radius 1 is 1.69 bits per heavy atom. The van der Waals surface area contributed by atoms with Crippen molar-refractivity contribution in [1.82, 2.24) is 15.8 Å². The van der Waals surface area contributed by atoms with Gasteiger partial charge in [-0.1, -0.05) is 12.1 Å². The van der Waals surface area contributed by atoms with E-state index < -0.39 is 0 Å². The van der Waals surface area contributed by atoms with E-state index in [1.54, 1.807) is 13.3 Å². The smallest absolute Gasteiger partial charge is 0.191 e. The van der Waals surface area contributed by atoms with Gasteiger partial charge in [-0.2, -0.15) is 0 Å². The highest BCUT2D eigenvalue weighted by Crippen LogP contribution is 2.28. The lowest BCUT2D eigenvalue weighted by molar-refractivity contribution is 0.410. The molecule has 2 atom stereocenters. The second kappa shape index (κ2) is 6.07. The van der Waals surface area contributed by atoms with Crippen LogP contribution in [0.2, 0.25) is 0 Å². The number of rotatable bonds is 3. The number of hydrogen-bond acceptors (Lipinski definition) is 3. The summed E-state index contributed by atoms with van der Waals surface area (Å²) in [6.45, 7) is 2.86. The molecule has 0 saturated heterocycles. The topological polar surface area (TPSA) is 62.5 Å². The van der Waals surface area contributed by atoms with Crippen molar-refractivity contribution in [1.29, 1.82) is 0 Å². The van der Waals surface area contributed by atoms with Crippen LogP contribution in [0.15, 0.2) is 21.8 Å². The van der Waals surface area contributed by atoms with Crippen LogP contribution in [0.4, 0.5) is 0 Å². The van der Waals surface area contributed by atoms with E-state index in [2.05, 4.69) is 27.7 Å². The Morgan fingerprint density at radius 2 is 2.44 bits per heavy atom. The molecule has 16 heavy (non-hydrogen) atoms. The second-order valence-electron chi connectivity index (χ2n) is 3.88. The summed E-state index contributed by atoms with van der Waals surface area (Å²) in [4.78, 5) is 4.14. The van der Waals surface area contributed by atoms with Gasteiger partial charge < -0.3 is 15.2 Å². The van der Waals surface area contributed by atoms with Gasteiger partial charge in [0.15, 0.2) is 5.96 Å². The molecule has 0 spiro atoms. The maximum Gasteiger partial charge on any atom is 0.191 e. The van der Waals surface area contributed by atoms with Crippen molar-refractivity contribution in [3.63, 3.8) is 0 Å². The molecular formula is C10H17IN4O. The zero-order valence-electron chi connectivity index (χ0n) is 9.43. The Bertz CT molecular complexity index is 339. The summed E-state index contributed by atoms with van der Waals surface area (Å²) in [6.07, 6.45) is 2.79. The monoisotopic (exact) mass is 336 g/mol. The fourth-order valence-electron chi connectivity index (χ4n) is 1.40. The van der Waals surface area contributed by atoms with E-state index in [9.17, 15) is 0 Å². The van der Waals surface area contributed by atoms with Gasteiger partial charge in [0.05, 0.1) is 6.54 Å². The van der Waals surface area contributed by atoms with Crippen LogP contribution in [0, 0.1) is 5.92 Å². The predicted octanol–water partition coefficient (Wildman–Crippen LogP) is 1.37. The standard InChI is InChI=1S/C10H16N4O.HI/c1-7-5-9(7)13-10(11-2)12-6-8-3-4-15-14-8;/h3-4,7,9H,5-6H2,1-2H3,(H2,11,12,13);1H. The van der Waals surface area contributed by atoms with Crippen molar-refractivity contribution in [2.45, 2.75) is 25.9 Å². The zero-order chi connectivity index (χ0) is 10.7. The summed E-state index contributed by atoms with van der Waals surface area (Å²) in [5, 5.41) is 10.3. The lowest BCUT2D eigenvalue weighted by atomic mass is 10.4. The predicted molar refractivity (Wildman–Crippen MR) is 72.8 cm³/mol. The van der Waals surface area contributed by atoms with Crippen LogP contribution >= 0.6 is 24.0 Å². The Labute approximate surface area is 112 Å². The SMILES string of the molecule is CN=C(NCc1ccon1)NC1CC1C.I. The highest BCUT2D eigenvalue weighted by atomic mass is 127. The van der Waals surface area contributed by atoms with Gasteiger partial charge in [-0.05, 0) is 12.3 Å². The van der Waals surface area contributed by atoms with Gasteiger partial charge in [-0.25, -0.2) is 0 Å². The molecule has 1 aromatic rings. The molecule has 0 amide bonds. The van der Waals surface area contributed by atoms with Gasteiger partial charge >= 0.3 is 0 Å². The first-order valence-electron chi connectivity index (χ1n) is 5.16. The molecule has 0 bridgehead atoms. The second-order valence-corrected chi connectivity index (χ2v) is 3.88. The first-order valence-corrected chi connectivity index (χ1v) is 5.16. The fraction of sp³-hybridized carbons (Fsp3) is 0.600. The van der Waals surface area contributed by atoms with Crippen LogP contribution in [0.3, 0.4) is 0 Å². The van der Waals surface area contributed by atoms with Gasteiger partial charge in [0.25, 0.3) is 0 Å². The first-order chi connectivity index (χ1) is 7.29. The molecule has 1 aliphatic rings. The Morgan fingerprint density at radius 3 is 2.94 bits per heavy atom. The number of guanidine groups is 1. The Hall–Kier alpha value is -0.790.